The van der Waals surface area contributed by atoms with E-state index in [2.05, 4.69) is 11.9 Å². The summed E-state index contributed by atoms with van der Waals surface area (Å²) in [5.74, 6) is 0.836. The minimum atomic E-state index is -0.139. The Kier molecular flexibility index (Phi) is 4.31. The molecule has 0 fully saturated rings. The maximum atomic E-state index is 6.15. The van der Waals surface area contributed by atoms with Gasteiger partial charge in [0.2, 0.25) is 0 Å². The van der Waals surface area contributed by atoms with Gasteiger partial charge in [-0.2, -0.15) is 0 Å². The van der Waals surface area contributed by atoms with Crippen LogP contribution >= 0.6 is 0 Å². The quantitative estimate of drug-likeness (QED) is 0.877. The monoisotopic (exact) mass is 242 g/mol. The van der Waals surface area contributed by atoms with Gasteiger partial charge in [-0.1, -0.05) is 25.1 Å². The summed E-state index contributed by atoms with van der Waals surface area (Å²) in [6.07, 6.45) is 4.25. The normalized spacial score (nSPS) is 13.9. The van der Waals surface area contributed by atoms with Gasteiger partial charge in [0.15, 0.2) is 0 Å². The fourth-order valence-corrected chi connectivity index (χ4v) is 1.82. The van der Waals surface area contributed by atoms with Gasteiger partial charge in [0.1, 0.15) is 11.9 Å². The first-order valence-electron chi connectivity index (χ1n) is 6.18. The van der Waals surface area contributed by atoms with Crippen LogP contribution in [0.2, 0.25) is 0 Å². The largest absolute Gasteiger partial charge is 0.484 e. The second-order valence-corrected chi connectivity index (χ2v) is 4.20. The van der Waals surface area contributed by atoms with Crippen molar-refractivity contribution >= 4 is 0 Å². The van der Waals surface area contributed by atoms with E-state index in [1.807, 2.05) is 42.5 Å². The number of benzene rings is 1. The molecule has 94 valence electrons. The van der Waals surface area contributed by atoms with Crippen molar-refractivity contribution in [3.8, 4) is 5.75 Å². The summed E-state index contributed by atoms with van der Waals surface area (Å²) in [6.45, 7) is 2.06. The Morgan fingerprint density at radius 2 is 1.78 bits per heavy atom. The number of para-hydroxylation sites is 1. The van der Waals surface area contributed by atoms with Crippen molar-refractivity contribution in [1.29, 1.82) is 0 Å². The molecule has 0 spiro atoms. The van der Waals surface area contributed by atoms with E-state index < -0.39 is 0 Å². The molecule has 1 aromatic heterocycles. The fourth-order valence-electron chi connectivity index (χ4n) is 1.82. The first-order valence-corrected chi connectivity index (χ1v) is 6.18. The summed E-state index contributed by atoms with van der Waals surface area (Å²) in [5.41, 5.74) is 7.21. The fraction of sp³-hybridized carbons (Fsp3) is 0.267. The van der Waals surface area contributed by atoms with E-state index in [-0.39, 0.29) is 12.1 Å². The summed E-state index contributed by atoms with van der Waals surface area (Å²) in [6, 6.07) is 13.6. The molecule has 0 saturated heterocycles. The molecule has 0 amide bonds. The molecule has 18 heavy (non-hydrogen) atoms. The first-order chi connectivity index (χ1) is 8.81. The van der Waals surface area contributed by atoms with Crippen LogP contribution in [0.3, 0.4) is 0 Å². The van der Waals surface area contributed by atoms with Crippen molar-refractivity contribution in [2.75, 3.05) is 0 Å². The van der Waals surface area contributed by atoms with Gasteiger partial charge in [-0.25, -0.2) is 0 Å². The van der Waals surface area contributed by atoms with Gasteiger partial charge in [0.05, 0.1) is 0 Å². The average Bonchev–Trinajstić information content (AvgIpc) is 2.46. The Morgan fingerprint density at radius 3 is 2.39 bits per heavy atom. The van der Waals surface area contributed by atoms with E-state index in [0.717, 1.165) is 17.7 Å². The highest BCUT2D eigenvalue weighted by atomic mass is 16.5. The predicted octanol–water partition coefficient (Wildman–Crippen LogP) is 2.94. The van der Waals surface area contributed by atoms with Crippen molar-refractivity contribution in [3.05, 3.63) is 60.4 Å². The van der Waals surface area contributed by atoms with Gasteiger partial charge < -0.3 is 10.5 Å². The molecular weight excluding hydrogens is 224 g/mol. The number of nitrogens with zero attached hydrogens (tertiary/aromatic N) is 1. The second kappa shape index (κ2) is 6.17. The Morgan fingerprint density at radius 1 is 1.11 bits per heavy atom. The zero-order chi connectivity index (χ0) is 12.8. The van der Waals surface area contributed by atoms with Gasteiger partial charge >= 0.3 is 0 Å². The number of ether oxygens (including phenoxy) is 1. The minimum Gasteiger partial charge on any atom is -0.484 e. The number of rotatable bonds is 5. The Bertz CT molecular complexity index is 458. The zero-order valence-electron chi connectivity index (χ0n) is 10.5. The van der Waals surface area contributed by atoms with Crippen LogP contribution in [-0.4, -0.2) is 11.0 Å². The summed E-state index contributed by atoms with van der Waals surface area (Å²) in [5, 5.41) is 0. The third-order valence-electron chi connectivity index (χ3n) is 2.90. The van der Waals surface area contributed by atoms with E-state index in [9.17, 15) is 0 Å². The molecule has 2 rings (SSSR count). The van der Waals surface area contributed by atoms with Crippen molar-refractivity contribution in [2.45, 2.75) is 25.5 Å². The van der Waals surface area contributed by atoms with Gasteiger partial charge in [-0.15, -0.1) is 0 Å². The SMILES string of the molecule is CCC(N)C(Oc1ccccc1)c1ccncc1. The molecule has 0 radical (unpaired) electrons. The lowest BCUT2D eigenvalue weighted by Crippen LogP contribution is -2.31. The average molecular weight is 242 g/mol. The highest BCUT2D eigenvalue weighted by Crippen LogP contribution is 2.24. The third-order valence-corrected chi connectivity index (χ3v) is 2.90. The van der Waals surface area contributed by atoms with Gasteiger partial charge in [0.25, 0.3) is 0 Å². The molecule has 0 aliphatic carbocycles. The molecule has 2 unspecified atom stereocenters. The molecule has 2 N–H and O–H groups in total. The van der Waals surface area contributed by atoms with Crippen molar-refractivity contribution in [3.63, 3.8) is 0 Å². The van der Waals surface area contributed by atoms with E-state index >= 15 is 0 Å². The molecule has 0 saturated carbocycles. The van der Waals surface area contributed by atoms with Crippen LogP contribution in [0.15, 0.2) is 54.9 Å². The molecule has 1 heterocycles. The molecule has 3 nitrogen and oxygen atoms in total. The molecule has 3 heteroatoms. The number of hydrogen-bond donors (Lipinski definition) is 1. The van der Waals surface area contributed by atoms with Crippen molar-refractivity contribution in [1.82, 2.24) is 4.98 Å². The highest BCUT2D eigenvalue weighted by Gasteiger charge is 2.20. The second-order valence-electron chi connectivity index (χ2n) is 4.20. The molecule has 1 aromatic carbocycles. The van der Waals surface area contributed by atoms with Crippen LogP contribution < -0.4 is 10.5 Å². The van der Waals surface area contributed by atoms with Gasteiger partial charge in [-0.05, 0) is 36.2 Å². The van der Waals surface area contributed by atoms with Crippen LogP contribution in [0.5, 0.6) is 5.75 Å². The summed E-state index contributed by atoms with van der Waals surface area (Å²) < 4.78 is 6.00. The molecule has 0 bridgehead atoms. The van der Waals surface area contributed by atoms with Crippen LogP contribution in [0, 0.1) is 0 Å². The smallest absolute Gasteiger partial charge is 0.139 e. The lowest BCUT2D eigenvalue weighted by molar-refractivity contribution is 0.171. The van der Waals surface area contributed by atoms with Gasteiger partial charge in [-0.3, -0.25) is 4.98 Å². The maximum absolute atomic E-state index is 6.15. The molecule has 0 aliphatic heterocycles. The first kappa shape index (κ1) is 12.6. The Hall–Kier alpha value is -1.87. The molecule has 2 atom stereocenters. The van der Waals surface area contributed by atoms with E-state index in [0.29, 0.717) is 0 Å². The van der Waals surface area contributed by atoms with Crippen LogP contribution in [-0.2, 0) is 0 Å². The zero-order valence-corrected chi connectivity index (χ0v) is 10.5. The van der Waals surface area contributed by atoms with E-state index in [1.54, 1.807) is 12.4 Å². The van der Waals surface area contributed by atoms with Crippen LogP contribution in [0.4, 0.5) is 0 Å². The highest BCUT2D eigenvalue weighted by molar-refractivity contribution is 5.24. The lowest BCUT2D eigenvalue weighted by Gasteiger charge is -2.24. The summed E-state index contributed by atoms with van der Waals surface area (Å²) in [7, 11) is 0. The minimum absolute atomic E-state index is 0.0346. The molecule has 2 aromatic rings. The predicted molar refractivity (Wildman–Crippen MR) is 72.3 cm³/mol. The van der Waals surface area contributed by atoms with Gasteiger partial charge in [0, 0.05) is 18.4 Å². The number of nitrogens with two attached hydrogens (primary N) is 1. The van der Waals surface area contributed by atoms with Crippen molar-refractivity contribution < 1.29 is 4.74 Å². The topological polar surface area (TPSA) is 48.1 Å². The Labute approximate surface area is 108 Å². The van der Waals surface area contributed by atoms with Crippen molar-refractivity contribution in [2.24, 2.45) is 5.73 Å². The number of hydrogen-bond acceptors (Lipinski definition) is 3. The van der Waals surface area contributed by atoms with E-state index in [1.165, 1.54) is 0 Å². The summed E-state index contributed by atoms with van der Waals surface area (Å²) >= 11 is 0. The number of pyridine rings is 1. The van der Waals surface area contributed by atoms with Crippen LogP contribution in [0.25, 0.3) is 0 Å². The molecular formula is C15H18N2O. The third kappa shape index (κ3) is 3.08. The number of aromatic nitrogens is 1. The maximum Gasteiger partial charge on any atom is 0.139 e. The summed E-state index contributed by atoms with van der Waals surface area (Å²) in [4.78, 5) is 4.02. The van der Waals surface area contributed by atoms with E-state index in [4.69, 9.17) is 10.5 Å². The molecule has 0 aliphatic rings. The van der Waals surface area contributed by atoms with Crippen LogP contribution in [0.1, 0.15) is 25.0 Å². The lowest BCUT2D eigenvalue weighted by atomic mass is 10.0. The Balaban J connectivity index is 2.21. The standard InChI is InChI=1S/C15H18N2O/c1-2-14(16)15(12-8-10-17-11-9-12)18-13-6-4-3-5-7-13/h3-11,14-15H,2,16H2,1H3.